The number of aliphatic carboxylic acids is 1. The van der Waals surface area contributed by atoms with E-state index in [1.165, 1.54) is 12.8 Å². The van der Waals surface area contributed by atoms with Gasteiger partial charge in [0.05, 0.1) is 0 Å². The SMILES string of the molecule is N[C@H]1CCC[N-]C1.O=C(O)[CH-]O.[Pt+2]. The Hall–Kier alpha value is -0.0917. The number of hydrogen-bond donors (Lipinski definition) is 3. The Morgan fingerprint density at radius 3 is 2.31 bits per heavy atom. The van der Waals surface area contributed by atoms with Crippen LogP contribution in [-0.2, 0) is 25.9 Å². The van der Waals surface area contributed by atoms with Gasteiger partial charge in [-0.1, -0.05) is 6.42 Å². The Morgan fingerprint density at radius 2 is 2.15 bits per heavy atom. The molecule has 0 amide bonds. The summed E-state index contributed by atoms with van der Waals surface area (Å²) in [5, 5.41) is 19.0. The van der Waals surface area contributed by atoms with Gasteiger partial charge in [0.25, 0.3) is 0 Å². The Kier molecular flexibility index (Phi) is 11.8. The average Bonchev–Trinajstić information content (AvgIpc) is 2.07. The second-order valence-electron chi connectivity index (χ2n) is 2.50. The predicted molar refractivity (Wildman–Crippen MR) is 44.2 cm³/mol. The van der Waals surface area contributed by atoms with E-state index in [1.54, 1.807) is 0 Å². The molecule has 5 nitrogen and oxygen atoms in total. The number of nitrogens with two attached hydrogens (primary N) is 1. The van der Waals surface area contributed by atoms with Crippen molar-refractivity contribution in [1.29, 1.82) is 0 Å². The van der Waals surface area contributed by atoms with Crippen molar-refractivity contribution < 1.29 is 36.1 Å². The topological polar surface area (TPSA) is 97.7 Å². The van der Waals surface area contributed by atoms with Crippen LogP contribution >= 0.6 is 0 Å². The smallest absolute Gasteiger partial charge is 0.661 e. The van der Waals surface area contributed by atoms with Gasteiger partial charge in [-0.25, -0.2) is 0 Å². The molecule has 0 aromatic carbocycles. The Morgan fingerprint density at radius 1 is 1.62 bits per heavy atom. The predicted octanol–water partition coefficient (Wildman–Crippen LogP) is 0.0840. The molecule has 0 saturated carbocycles. The van der Waals surface area contributed by atoms with Crippen molar-refractivity contribution in [2.75, 3.05) is 13.1 Å². The van der Waals surface area contributed by atoms with Crippen molar-refractivity contribution >= 4 is 5.97 Å². The fourth-order valence-electron chi connectivity index (χ4n) is 0.814. The molecular formula is C7H14N2O3Pt. The van der Waals surface area contributed by atoms with Gasteiger partial charge in [0.2, 0.25) is 0 Å². The van der Waals surface area contributed by atoms with Crippen LogP contribution in [0.25, 0.3) is 5.32 Å². The molecule has 0 aliphatic carbocycles. The number of carboxylic acid groups (broad SMARTS) is 1. The van der Waals surface area contributed by atoms with Crippen molar-refractivity contribution in [3.05, 3.63) is 11.9 Å². The second kappa shape index (κ2) is 9.99. The largest absolute Gasteiger partial charge is 2.00 e. The first-order valence-corrected chi connectivity index (χ1v) is 3.76. The zero-order chi connectivity index (χ0) is 9.40. The summed E-state index contributed by atoms with van der Waals surface area (Å²) in [6.07, 6.45) is 2.37. The number of hydrogen-bond acceptors (Lipinski definition) is 3. The third kappa shape index (κ3) is 11.9. The Labute approximate surface area is 92.0 Å². The first-order valence-electron chi connectivity index (χ1n) is 3.76. The molecule has 0 aromatic heterocycles. The summed E-state index contributed by atoms with van der Waals surface area (Å²) in [6.45, 7) is 2.01. The first kappa shape index (κ1) is 15.4. The molecule has 6 heteroatoms. The number of piperidine rings is 1. The van der Waals surface area contributed by atoms with Gasteiger partial charge < -0.3 is 21.3 Å². The van der Waals surface area contributed by atoms with Gasteiger partial charge in [0, 0.05) is 0 Å². The fourth-order valence-corrected chi connectivity index (χ4v) is 0.814. The van der Waals surface area contributed by atoms with Gasteiger partial charge in [-0.15, -0.1) is 13.1 Å². The van der Waals surface area contributed by atoms with E-state index >= 15 is 0 Å². The molecule has 1 fully saturated rings. The van der Waals surface area contributed by atoms with Crippen LogP contribution in [0.1, 0.15) is 12.8 Å². The van der Waals surface area contributed by atoms with Crippen LogP contribution in [0.3, 0.4) is 0 Å². The van der Waals surface area contributed by atoms with Crippen LogP contribution in [0.2, 0.25) is 0 Å². The van der Waals surface area contributed by atoms with E-state index in [-0.39, 0.29) is 27.7 Å². The summed E-state index contributed by atoms with van der Waals surface area (Å²) in [5.74, 6) is -1.31. The van der Waals surface area contributed by atoms with Gasteiger partial charge in [-0.3, -0.25) is 4.79 Å². The number of aliphatic hydroxyl groups excluding tert-OH is 1. The maximum atomic E-state index is 9.06. The third-order valence-corrected chi connectivity index (χ3v) is 1.37. The van der Waals surface area contributed by atoms with E-state index in [1.807, 2.05) is 0 Å². The van der Waals surface area contributed by atoms with E-state index in [2.05, 4.69) is 5.32 Å². The van der Waals surface area contributed by atoms with Crippen molar-refractivity contribution in [3.63, 3.8) is 0 Å². The molecule has 0 spiro atoms. The number of carbonyl (C=O) groups is 1. The normalized spacial score (nSPS) is 20.3. The maximum absolute atomic E-state index is 9.06. The molecule has 0 aromatic rings. The van der Waals surface area contributed by atoms with Crippen LogP contribution < -0.4 is 5.73 Å². The first-order chi connectivity index (χ1) is 5.66. The summed E-state index contributed by atoms with van der Waals surface area (Å²) < 4.78 is 0. The quantitative estimate of drug-likeness (QED) is 0.571. The van der Waals surface area contributed by atoms with Gasteiger partial charge in [-0.2, -0.15) is 6.61 Å². The zero-order valence-corrected chi connectivity index (χ0v) is 9.40. The molecule has 1 aliphatic heterocycles. The number of aliphatic hydroxyl groups is 1. The van der Waals surface area contributed by atoms with Crippen LogP contribution in [0.5, 0.6) is 0 Å². The van der Waals surface area contributed by atoms with Crippen LogP contribution in [-0.4, -0.2) is 35.3 Å². The van der Waals surface area contributed by atoms with Crippen molar-refractivity contribution in [3.8, 4) is 0 Å². The monoisotopic (exact) mass is 369 g/mol. The summed E-state index contributed by atoms with van der Waals surface area (Å²) in [7, 11) is 0. The zero-order valence-electron chi connectivity index (χ0n) is 7.13. The molecular weight excluding hydrogens is 355 g/mol. The number of carboxylic acids is 1. The van der Waals surface area contributed by atoms with Crippen molar-refractivity contribution in [2.24, 2.45) is 5.73 Å². The summed E-state index contributed by atoms with van der Waals surface area (Å²) in [6, 6.07) is 0.369. The van der Waals surface area contributed by atoms with E-state index in [0.717, 1.165) is 13.1 Å². The van der Waals surface area contributed by atoms with Gasteiger partial charge in [0.1, 0.15) is 0 Å². The van der Waals surface area contributed by atoms with E-state index in [4.69, 9.17) is 20.7 Å². The maximum Gasteiger partial charge on any atom is 2.00 e. The molecule has 80 valence electrons. The van der Waals surface area contributed by atoms with Crippen LogP contribution in [0, 0.1) is 6.61 Å². The Bertz CT molecular complexity index is 129. The Balaban J connectivity index is 0. The minimum absolute atomic E-state index is 0. The van der Waals surface area contributed by atoms with Gasteiger partial charge >= 0.3 is 21.1 Å². The second-order valence-corrected chi connectivity index (χ2v) is 2.50. The minimum Gasteiger partial charge on any atom is -0.661 e. The molecule has 1 rings (SSSR count). The number of nitrogens with zero attached hydrogens (tertiary/aromatic N) is 1. The summed E-state index contributed by atoms with van der Waals surface area (Å²) in [5.41, 5.74) is 5.54. The van der Waals surface area contributed by atoms with E-state index in [0.29, 0.717) is 6.04 Å². The molecule has 4 N–H and O–H groups in total. The molecule has 0 bridgehead atoms. The number of rotatable bonds is 1. The van der Waals surface area contributed by atoms with Crippen LogP contribution in [0.4, 0.5) is 0 Å². The minimum atomic E-state index is -1.31. The van der Waals surface area contributed by atoms with Gasteiger partial charge in [-0.05, 0) is 12.5 Å². The van der Waals surface area contributed by atoms with E-state index in [9.17, 15) is 0 Å². The molecule has 1 atom stereocenters. The molecule has 1 saturated heterocycles. The van der Waals surface area contributed by atoms with E-state index < -0.39 is 5.97 Å². The van der Waals surface area contributed by atoms with Crippen LogP contribution in [0.15, 0.2) is 0 Å². The average molecular weight is 369 g/mol. The fraction of sp³-hybridized carbons (Fsp3) is 0.714. The summed E-state index contributed by atoms with van der Waals surface area (Å²) in [4.78, 5) is 9.06. The molecule has 1 heterocycles. The standard InChI is InChI=1S/C5H11N2.C2H3O3.Pt/c6-5-2-1-3-7-4-5;3-1-2(4)5;/h5H,1-4,6H2;1,3H,(H,4,5);/q2*-1;+2/t5-;;/m0../s1. The molecule has 13 heavy (non-hydrogen) atoms. The third-order valence-electron chi connectivity index (χ3n) is 1.37. The van der Waals surface area contributed by atoms with Crippen molar-refractivity contribution in [2.45, 2.75) is 18.9 Å². The van der Waals surface area contributed by atoms with Gasteiger partial charge in [0.15, 0.2) is 5.97 Å². The molecule has 0 radical (unpaired) electrons. The van der Waals surface area contributed by atoms with Crippen molar-refractivity contribution in [1.82, 2.24) is 0 Å². The molecule has 0 unspecified atom stereocenters. The molecule has 1 aliphatic rings. The summed E-state index contributed by atoms with van der Waals surface area (Å²) >= 11 is 0.